The third kappa shape index (κ3) is 5.78. The first-order valence-corrected chi connectivity index (χ1v) is 7.18. The number of β-amino-alcohol motifs (C(OH)–C–C–N with tert-alkyl or cyclic N) is 1. The zero-order chi connectivity index (χ0) is 14.5. The van der Waals surface area contributed by atoms with E-state index in [2.05, 4.69) is 10.2 Å². The number of alkyl carbamates (subject to hydrolysis) is 1. The lowest BCUT2D eigenvalue weighted by molar-refractivity contribution is 0.0428. The molecule has 5 nitrogen and oxygen atoms in total. The van der Waals surface area contributed by atoms with Gasteiger partial charge in [-0.25, -0.2) is 4.79 Å². The summed E-state index contributed by atoms with van der Waals surface area (Å²) in [5.74, 6) is 0. The van der Waals surface area contributed by atoms with Crippen molar-refractivity contribution >= 4 is 6.09 Å². The lowest BCUT2D eigenvalue weighted by Crippen LogP contribution is -2.53. The number of aliphatic hydroxyl groups is 1. The molecule has 19 heavy (non-hydrogen) atoms. The number of hydrogen-bond acceptors (Lipinski definition) is 4. The van der Waals surface area contributed by atoms with Gasteiger partial charge in [-0.15, -0.1) is 0 Å². The van der Waals surface area contributed by atoms with E-state index < -0.39 is 5.60 Å². The van der Waals surface area contributed by atoms with Gasteiger partial charge in [0.1, 0.15) is 5.60 Å². The maximum atomic E-state index is 11.8. The normalized spacial score (nSPS) is 22.9. The van der Waals surface area contributed by atoms with E-state index >= 15 is 0 Å². The van der Waals surface area contributed by atoms with Crippen molar-refractivity contribution in [2.24, 2.45) is 0 Å². The Morgan fingerprint density at radius 1 is 1.47 bits per heavy atom. The summed E-state index contributed by atoms with van der Waals surface area (Å²) in [6.45, 7) is 9.40. The molecular weight excluding hydrogens is 244 g/mol. The van der Waals surface area contributed by atoms with Gasteiger partial charge in [0, 0.05) is 18.6 Å². The van der Waals surface area contributed by atoms with Gasteiger partial charge in [-0.2, -0.15) is 0 Å². The summed E-state index contributed by atoms with van der Waals surface area (Å²) in [5.41, 5.74) is -0.471. The monoisotopic (exact) mass is 272 g/mol. The molecule has 1 rings (SSSR count). The van der Waals surface area contributed by atoms with E-state index in [1.54, 1.807) is 0 Å². The number of carbonyl (C=O) groups excluding carboxylic acids is 1. The molecule has 0 aliphatic carbocycles. The molecule has 0 radical (unpaired) electrons. The highest BCUT2D eigenvalue weighted by atomic mass is 16.6. The highest BCUT2D eigenvalue weighted by Gasteiger charge is 2.28. The van der Waals surface area contributed by atoms with Crippen LogP contribution in [0.3, 0.4) is 0 Å². The summed E-state index contributed by atoms with van der Waals surface area (Å²) in [7, 11) is 0. The van der Waals surface area contributed by atoms with Crippen LogP contribution in [0.1, 0.15) is 47.0 Å². The van der Waals surface area contributed by atoms with Gasteiger partial charge in [0.25, 0.3) is 0 Å². The fourth-order valence-electron chi connectivity index (χ4n) is 2.58. The molecule has 112 valence electrons. The number of ether oxygens (including phenoxy) is 1. The van der Waals surface area contributed by atoms with Crippen LogP contribution >= 0.6 is 0 Å². The van der Waals surface area contributed by atoms with E-state index in [0.29, 0.717) is 6.54 Å². The predicted octanol–water partition coefficient (Wildman–Crippen LogP) is 1.75. The Labute approximate surface area is 116 Å². The molecule has 0 aromatic heterocycles. The van der Waals surface area contributed by atoms with Crippen LogP contribution < -0.4 is 5.32 Å². The third-order valence-corrected chi connectivity index (χ3v) is 3.37. The molecule has 5 heteroatoms. The maximum Gasteiger partial charge on any atom is 0.407 e. The summed E-state index contributed by atoms with van der Waals surface area (Å²) >= 11 is 0. The Bertz CT molecular complexity index is 287. The fourth-order valence-corrected chi connectivity index (χ4v) is 2.58. The van der Waals surface area contributed by atoms with Crippen molar-refractivity contribution in [2.75, 3.05) is 19.7 Å². The summed E-state index contributed by atoms with van der Waals surface area (Å²) in [5, 5.41) is 12.0. The smallest absolute Gasteiger partial charge is 0.407 e. The summed E-state index contributed by atoms with van der Waals surface area (Å²) < 4.78 is 5.28. The van der Waals surface area contributed by atoms with Crippen LogP contribution in [0.2, 0.25) is 0 Å². The van der Waals surface area contributed by atoms with E-state index in [9.17, 15) is 4.79 Å². The van der Waals surface area contributed by atoms with Gasteiger partial charge in [-0.05, 0) is 47.1 Å². The van der Waals surface area contributed by atoms with Crippen molar-refractivity contribution in [1.82, 2.24) is 10.2 Å². The number of likely N-dealkylation sites (tertiary alicyclic amines) is 1. The SMILES string of the molecule is C[C@@H](NC(=O)OC(C)(C)C)[C@@H]1CCCCN1CCO. The van der Waals surface area contributed by atoms with Gasteiger partial charge in [-0.3, -0.25) is 4.90 Å². The van der Waals surface area contributed by atoms with Gasteiger partial charge in [0.2, 0.25) is 0 Å². The van der Waals surface area contributed by atoms with E-state index in [0.717, 1.165) is 19.4 Å². The topological polar surface area (TPSA) is 61.8 Å². The summed E-state index contributed by atoms with van der Waals surface area (Å²) in [6.07, 6.45) is 3.02. The zero-order valence-electron chi connectivity index (χ0n) is 12.6. The number of amides is 1. The van der Waals surface area contributed by atoms with Gasteiger partial charge in [0.15, 0.2) is 0 Å². The van der Waals surface area contributed by atoms with Crippen LogP contribution in [0, 0.1) is 0 Å². The van der Waals surface area contributed by atoms with E-state index in [1.807, 2.05) is 27.7 Å². The lowest BCUT2D eigenvalue weighted by Gasteiger charge is -2.39. The summed E-state index contributed by atoms with van der Waals surface area (Å²) in [4.78, 5) is 14.0. The van der Waals surface area contributed by atoms with Crippen LogP contribution in [-0.4, -0.2) is 53.5 Å². The predicted molar refractivity (Wildman–Crippen MR) is 75.1 cm³/mol. The van der Waals surface area contributed by atoms with Gasteiger partial charge in [-0.1, -0.05) is 6.42 Å². The number of aliphatic hydroxyl groups excluding tert-OH is 1. The average Bonchev–Trinajstić information content (AvgIpc) is 2.27. The van der Waals surface area contributed by atoms with Crippen LogP contribution in [0.5, 0.6) is 0 Å². The number of carbonyl (C=O) groups is 1. The van der Waals surface area contributed by atoms with Gasteiger partial charge < -0.3 is 15.2 Å². The second kappa shape index (κ2) is 7.10. The third-order valence-electron chi connectivity index (χ3n) is 3.37. The van der Waals surface area contributed by atoms with Crippen LogP contribution in [0.15, 0.2) is 0 Å². The molecule has 2 atom stereocenters. The van der Waals surface area contributed by atoms with Crippen LogP contribution in [0.4, 0.5) is 4.79 Å². The Morgan fingerprint density at radius 2 is 2.16 bits per heavy atom. The van der Waals surface area contributed by atoms with Crippen molar-refractivity contribution in [3.8, 4) is 0 Å². The Balaban J connectivity index is 2.50. The number of hydrogen-bond donors (Lipinski definition) is 2. The second-order valence-electron chi connectivity index (χ2n) is 6.26. The Hall–Kier alpha value is -0.810. The minimum atomic E-state index is -0.471. The highest BCUT2D eigenvalue weighted by molar-refractivity contribution is 5.68. The van der Waals surface area contributed by atoms with E-state index in [4.69, 9.17) is 9.84 Å². The standard InChI is InChI=1S/C14H28N2O3/c1-11(15-13(18)19-14(2,3)4)12-7-5-6-8-16(12)9-10-17/h11-12,17H,5-10H2,1-4H3,(H,15,18)/t11-,12+/m1/s1. The van der Waals surface area contributed by atoms with Crippen molar-refractivity contribution < 1.29 is 14.6 Å². The number of rotatable bonds is 4. The molecule has 1 heterocycles. The second-order valence-corrected chi connectivity index (χ2v) is 6.26. The lowest BCUT2D eigenvalue weighted by atomic mass is 9.96. The molecule has 0 saturated carbocycles. The molecule has 0 aromatic carbocycles. The molecule has 0 unspecified atom stereocenters. The molecule has 1 aliphatic rings. The van der Waals surface area contributed by atoms with Gasteiger partial charge >= 0.3 is 6.09 Å². The molecule has 1 saturated heterocycles. The Morgan fingerprint density at radius 3 is 2.74 bits per heavy atom. The fraction of sp³-hybridized carbons (Fsp3) is 0.929. The van der Waals surface area contributed by atoms with Crippen molar-refractivity contribution in [2.45, 2.75) is 64.6 Å². The molecule has 1 aliphatic heterocycles. The van der Waals surface area contributed by atoms with Crippen LogP contribution in [0.25, 0.3) is 0 Å². The number of nitrogens with zero attached hydrogens (tertiary/aromatic N) is 1. The quantitative estimate of drug-likeness (QED) is 0.818. The summed E-state index contributed by atoms with van der Waals surface area (Å²) in [6, 6.07) is 0.315. The molecular formula is C14H28N2O3. The molecule has 0 aromatic rings. The van der Waals surface area contributed by atoms with Gasteiger partial charge in [0.05, 0.1) is 6.61 Å². The first kappa shape index (κ1) is 16.2. The van der Waals surface area contributed by atoms with Crippen molar-refractivity contribution in [3.63, 3.8) is 0 Å². The molecule has 2 N–H and O–H groups in total. The van der Waals surface area contributed by atoms with Crippen LogP contribution in [-0.2, 0) is 4.74 Å². The molecule has 0 spiro atoms. The molecule has 1 fully saturated rings. The largest absolute Gasteiger partial charge is 0.444 e. The average molecular weight is 272 g/mol. The van der Waals surface area contributed by atoms with E-state index in [1.165, 1.54) is 6.42 Å². The number of nitrogens with one attached hydrogen (secondary N) is 1. The van der Waals surface area contributed by atoms with E-state index in [-0.39, 0.29) is 24.8 Å². The zero-order valence-corrected chi connectivity index (χ0v) is 12.6. The van der Waals surface area contributed by atoms with Crippen molar-refractivity contribution in [3.05, 3.63) is 0 Å². The minimum Gasteiger partial charge on any atom is -0.444 e. The number of piperidine rings is 1. The molecule has 1 amide bonds. The first-order valence-electron chi connectivity index (χ1n) is 7.18. The first-order chi connectivity index (χ1) is 8.83. The maximum absolute atomic E-state index is 11.8. The highest BCUT2D eigenvalue weighted by Crippen LogP contribution is 2.19. The minimum absolute atomic E-state index is 0.0294. The van der Waals surface area contributed by atoms with Crippen molar-refractivity contribution in [1.29, 1.82) is 0 Å². The Kier molecular flexibility index (Phi) is 6.07. The molecule has 0 bridgehead atoms.